The van der Waals surface area contributed by atoms with Crippen molar-refractivity contribution in [3.05, 3.63) is 63.8 Å². The SMILES string of the molecule is CCOc1cc(/C=C2/NC(=S)N(C)C2=O)ccc1OCc1ccc(Br)cc1. The number of nitrogens with one attached hydrogen (secondary N) is 1. The summed E-state index contributed by atoms with van der Waals surface area (Å²) in [5.74, 6) is 1.12. The first kappa shape index (κ1) is 19.4. The van der Waals surface area contributed by atoms with Gasteiger partial charge >= 0.3 is 0 Å². The van der Waals surface area contributed by atoms with E-state index >= 15 is 0 Å². The molecule has 1 amide bonds. The highest BCUT2D eigenvalue weighted by atomic mass is 79.9. The Balaban J connectivity index is 1.79. The second-order valence-corrected chi connectivity index (χ2v) is 7.21. The summed E-state index contributed by atoms with van der Waals surface area (Å²) in [4.78, 5) is 13.5. The Kier molecular flexibility index (Phi) is 6.13. The number of rotatable bonds is 6. The third-order valence-corrected chi connectivity index (χ3v) is 4.87. The molecule has 0 saturated carbocycles. The van der Waals surface area contributed by atoms with Crippen LogP contribution in [0.2, 0.25) is 0 Å². The van der Waals surface area contributed by atoms with Crippen molar-refractivity contribution in [3.63, 3.8) is 0 Å². The highest BCUT2D eigenvalue weighted by molar-refractivity contribution is 9.10. The summed E-state index contributed by atoms with van der Waals surface area (Å²) >= 11 is 8.52. The number of halogens is 1. The molecule has 7 heteroatoms. The van der Waals surface area contributed by atoms with Gasteiger partial charge in [0.15, 0.2) is 16.6 Å². The van der Waals surface area contributed by atoms with Crippen molar-refractivity contribution >= 4 is 45.2 Å². The summed E-state index contributed by atoms with van der Waals surface area (Å²) in [6.07, 6.45) is 1.75. The van der Waals surface area contributed by atoms with Crippen molar-refractivity contribution in [2.75, 3.05) is 13.7 Å². The summed E-state index contributed by atoms with van der Waals surface area (Å²) < 4.78 is 12.7. The van der Waals surface area contributed by atoms with Crippen LogP contribution in [0.3, 0.4) is 0 Å². The zero-order valence-corrected chi connectivity index (χ0v) is 17.4. The van der Waals surface area contributed by atoms with Gasteiger partial charge in [-0.15, -0.1) is 0 Å². The topological polar surface area (TPSA) is 50.8 Å². The first-order chi connectivity index (χ1) is 13.0. The molecular weight excluding hydrogens is 428 g/mol. The van der Waals surface area contributed by atoms with E-state index in [4.69, 9.17) is 21.7 Å². The molecule has 1 saturated heterocycles. The number of ether oxygens (including phenoxy) is 2. The Bertz CT molecular complexity index is 897. The summed E-state index contributed by atoms with van der Waals surface area (Å²) in [7, 11) is 1.64. The van der Waals surface area contributed by atoms with Crippen molar-refractivity contribution < 1.29 is 14.3 Å². The third-order valence-electron chi connectivity index (χ3n) is 3.97. The van der Waals surface area contributed by atoms with E-state index in [1.165, 1.54) is 4.90 Å². The van der Waals surface area contributed by atoms with Gasteiger partial charge in [0.1, 0.15) is 12.3 Å². The normalized spacial score (nSPS) is 15.2. The van der Waals surface area contributed by atoms with Crippen LogP contribution in [-0.4, -0.2) is 29.6 Å². The summed E-state index contributed by atoms with van der Waals surface area (Å²) in [5.41, 5.74) is 2.32. The van der Waals surface area contributed by atoms with Gasteiger partial charge in [0.25, 0.3) is 5.91 Å². The van der Waals surface area contributed by atoms with E-state index in [1.54, 1.807) is 13.1 Å². The predicted octanol–water partition coefficient (Wildman–Crippen LogP) is 4.11. The van der Waals surface area contributed by atoms with Crippen molar-refractivity contribution in [1.29, 1.82) is 0 Å². The number of thiocarbonyl (C=S) groups is 1. The van der Waals surface area contributed by atoms with Gasteiger partial charge in [0, 0.05) is 11.5 Å². The van der Waals surface area contributed by atoms with E-state index in [2.05, 4.69) is 21.2 Å². The maximum Gasteiger partial charge on any atom is 0.276 e. The lowest BCUT2D eigenvalue weighted by molar-refractivity contribution is -0.121. The molecule has 0 aliphatic carbocycles. The zero-order chi connectivity index (χ0) is 19.4. The molecule has 0 bridgehead atoms. The number of hydrogen-bond donors (Lipinski definition) is 1. The molecule has 0 aromatic heterocycles. The maximum atomic E-state index is 12.1. The van der Waals surface area contributed by atoms with Crippen molar-refractivity contribution in [2.24, 2.45) is 0 Å². The standard InChI is InChI=1S/C20H19BrN2O3S/c1-3-25-18-11-14(10-16-19(24)23(2)20(27)22-16)6-9-17(18)26-12-13-4-7-15(21)8-5-13/h4-11H,3,12H2,1-2H3,(H,22,27)/b16-10+. The number of amides is 1. The highest BCUT2D eigenvalue weighted by Gasteiger charge is 2.27. The minimum absolute atomic E-state index is 0.159. The molecule has 0 unspecified atom stereocenters. The zero-order valence-electron chi connectivity index (χ0n) is 15.0. The number of hydrogen-bond acceptors (Lipinski definition) is 4. The Labute approximate surface area is 172 Å². The van der Waals surface area contributed by atoms with Crippen molar-refractivity contribution in [2.45, 2.75) is 13.5 Å². The molecular formula is C20H19BrN2O3S. The predicted molar refractivity (Wildman–Crippen MR) is 113 cm³/mol. The van der Waals surface area contributed by atoms with Gasteiger partial charge in [-0.2, -0.15) is 0 Å². The summed E-state index contributed by atoms with van der Waals surface area (Å²) in [6, 6.07) is 13.5. The Hall–Kier alpha value is -2.38. The molecule has 27 heavy (non-hydrogen) atoms. The monoisotopic (exact) mass is 446 g/mol. The Morgan fingerprint density at radius 3 is 2.52 bits per heavy atom. The smallest absolute Gasteiger partial charge is 0.276 e. The quantitative estimate of drug-likeness (QED) is 0.534. The van der Waals surface area contributed by atoms with Crippen LogP contribution in [0.5, 0.6) is 11.5 Å². The number of carbonyl (C=O) groups excluding carboxylic acids is 1. The van der Waals surface area contributed by atoms with Crippen molar-refractivity contribution in [1.82, 2.24) is 10.2 Å². The van der Waals surface area contributed by atoms with E-state index in [-0.39, 0.29) is 5.91 Å². The van der Waals surface area contributed by atoms with Crippen molar-refractivity contribution in [3.8, 4) is 11.5 Å². The number of likely N-dealkylation sites (N-methyl/N-ethyl adjacent to an activating group) is 1. The van der Waals surface area contributed by atoms with E-state index < -0.39 is 0 Å². The lowest BCUT2D eigenvalue weighted by atomic mass is 10.1. The number of benzene rings is 2. The number of carbonyl (C=O) groups is 1. The van der Waals surface area contributed by atoms with E-state index in [0.29, 0.717) is 35.5 Å². The van der Waals surface area contributed by atoms with E-state index in [1.807, 2.05) is 49.4 Å². The second-order valence-electron chi connectivity index (χ2n) is 5.91. The molecule has 1 heterocycles. The van der Waals surface area contributed by atoms with E-state index in [9.17, 15) is 4.79 Å². The van der Waals surface area contributed by atoms with Gasteiger partial charge < -0.3 is 14.8 Å². The Morgan fingerprint density at radius 2 is 1.89 bits per heavy atom. The van der Waals surface area contributed by atoms with Gasteiger partial charge in [-0.05, 0) is 60.6 Å². The largest absolute Gasteiger partial charge is 0.490 e. The molecule has 0 atom stereocenters. The van der Waals surface area contributed by atoms with E-state index in [0.717, 1.165) is 15.6 Å². The summed E-state index contributed by atoms with van der Waals surface area (Å²) in [5, 5.41) is 3.31. The van der Waals surface area contributed by atoms with Crippen LogP contribution in [0.25, 0.3) is 6.08 Å². The fourth-order valence-corrected chi connectivity index (χ4v) is 2.99. The van der Waals surface area contributed by atoms with Gasteiger partial charge in [-0.3, -0.25) is 9.69 Å². The van der Waals surface area contributed by atoms with Crippen LogP contribution in [-0.2, 0) is 11.4 Å². The molecule has 3 rings (SSSR count). The van der Waals surface area contributed by atoms with Gasteiger partial charge in [-0.1, -0.05) is 34.1 Å². The minimum Gasteiger partial charge on any atom is -0.490 e. The van der Waals surface area contributed by atoms with Crippen LogP contribution in [0, 0.1) is 0 Å². The average Bonchev–Trinajstić information content (AvgIpc) is 2.89. The molecule has 140 valence electrons. The lowest BCUT2D eigenvalue weighted by Crippen LogP contribution is -2.25. The maximum absolute atomic E-state index is 12.1. The number of nitrogens with zero attached hydrogens (tertiary/aromatic N) is 1. The molecule has 0 spiro atoms. The summed E-state index contributed by atoms with van der Waals surface area (Å²) in [6.45, 7) is 2.87. The lowest BCUT2D eigenvalue weighted by Gasteiger charge is -2.13. The molecule has 2 aromatic carbocycles. The first-order valence-corrected chi connectivity index (χ1v) is 9.63. The van der Waals surface area contributed by atoms with Gasteiger partial charge in [0.2, 0.25) is 0 Å². The van der Waals surface area contributed by atoms with Crippen LogP contribution >= 0.6 is 28.1 Å². The molecule has 1 N–H and O–H groups in total. The second kappa shape index (κ2) is 8.54. The van der Waals surface area contributed by atoms with Crippen LogP contribution < -0.4 is 14.8 Å². The molecule has 1 aliphatic heterocycles. The minimum atomic E-state index is -0.159. The average molecular weight is 447 g/mol. The van der Waals surface area contributed by atoms with Crippen LogP contribution in [0.1, 0.15) is 18.1 Å². The highest BCUT2D eigenvalue weighted by Crippen LogP contribution is 2.30. The molecule has 1 aliphatic rings. The molecule has 1 fully saturated rings. The van der Waals surface area contributed by atoms with Gasteiger partial charge in [-0.25, -0.2) is 0 Å². The fraction of sp³-hybridized carbons (Fsp3) is 0.200. The fourth-order valence-electron chi connectivity index (χ4n) is 2.53. The molecule has 5 nitrogen and oxygen atoms in total. The molecule has 2 aromatic rings. The van der Waals surface area contributed by atoms with Crippen LogP contribution in [0.15, 0.2) is 52.6 Å². The first-order valence-electron chi connectivity index (χ1n) is 8.42. The Morgan fingerprint density at radius 1 is 1.15 bits per heavy atom. The third kappa shape index (κ3) is 4.67. The van der Waals surface area contributed by atoms with Gasteiger partial charge in [0.05, 0.1) is 6.61 Å². The molecule has 0 radical (unpaired) electrons. The van der Waals surface area contributed by atoms with Crippen LogP contribution in [0.4, 0.5) is 0 Å².